The zero-order chi connectivity index (χ0) is 12.5. The van der Waals surface area contributed by atoms with E-state index in [1.54, 1.807) is 12.1 Å². The highest BCUT2D eigenvalue weighted by Crippen LogP contribution is 2.29. The topological polar surface area (TPSA) is 69.1 Å². The van der Waals surface area contributed by atoms with Crippen molar-refractivity contribution in [2.45, 2.75) is 12.5 Å². The predicted molar refractivity (Wildman–Crippen MR) is 58.0 cm³/mol. The van der Waals surface area contributed by atoms with E-state index in [0.717, 1.165) is 21.1 Å². The van der Waals surface area contributed by atoms with Crippen LogP contribution in [0.5, 0.6) is 0 Å². The molecule has 2 rings (SSSR count). The van der Waals surface area contributed by atoms with Crippen molar-refractivity contribution in [3.8, 4) is 0 Å². The molecule has 2 heterocycles. The molecule has 0 radical (unpaired) electrons. The van der Waals surface area contributed by atoms with Crippen molar-refractivity contribution in [2.75, 3.05) is 13.1 Å². The number of rotatable bonds is 3. The van der Waals surface area contributed by atoms with Crippen LogP contribution < -0.4 is 0 Å². The molecule has 0 unspecified atom stereocenters. The summed E-state index contributed by atoms with van der Waals surface area (Å²) in [6, 6.07) is 3.22. The second-order valence-corrected chi connectivity index (χ2v) is 4.84. The minimum absolute atomic E-state index is 0.171. The Kier molecular flexibility index (Phi) is 2.99. The molecule has 17 heavy (non-hydrogen) atoms. The zero-order valence-corrected chi connectivity index (χ0v) is 9.45. The Balaban J connectivity index is 2.00. The number of hydrogen-bond acceptors (Lipinski definition) is 3. The summed E-state index contributed by atoms with van der Waals surface area (Å²) in [5.41, 5.74) is 8.14. The second-order valence-electron chi connectivity index (χ2n) is 3.67. The van der Waals surface area contributed by atoms with Crippen molar-refractivity contribution in [1.29, 1.82) is 0 Å². The van der Waals surface area contributed by atoms with E-state index in [1.807, 2.05) is 0 Å². The molecule has 0 saturated carbocycles. The molecule has 0 atom stereocenters. The van der Waals surface area contributed by atoms with Crippen molar-refractivity contribution in [2.24, 2.45) is 5.11 Å². The minimum atomic E-state index is -2.75. The van der Waals surface area contributed by atoms with Crippen LogP contribution in [0.3, 0.4) is 0 Å². The van der Waals surface area contributed by atoms with Crippen LogP contribution in [0.15, 0.2) is 17.2 Å². The number of alkyl halides is 2. The van der Waals surface area contributed by atoms with Crippen LogP contribution >= 0.6 is 11.3 Å². The minimum Gasteiger partial charge on any atom is -0.326 e. The molecule has 0 aromatic carbocycles. The van der Waals surface area contributed by atoms with Crippen LogP contribution in [0, 0.1) is 0 Å². The van der Waals surface area contributed by atoms with Crippen molar-refractivity contribution in [3.05, 3.63) is 32.3 Å². The highest BCUT2D eigenvalue weighted by atomic mass is 32.1. The van der Waals surface area contributed by atoms with Gasteiger partial charge in [-0.25, -0.2) is 8.78 Å². The lowest BCUT2D eigenvalue weighted by Gasteiger charge is -2.38. The van der Waals surface area contributed by atoms with E-state index >= 15 is 0 Å². The van der Waals surface area contributed by atoms with Gasteiger partial charge in [0.25, 0.3) is 11.8 Å². The third-order valence-electron chi connectivity index (χ3n) is 2.29. The number of halogens is 2. The SMILES string of the molecule is [N-]=[N+]=NCc1ccc(C(=O)N2CC(F)(F)C2)s1. The largest absolute Gasteiger partial charge is 0.326 e. The zero-order valence-electron chi connectivity index (χ0n) is 8.64. The van der Waals surface area contributed by atoms with Gasteiger partial charge >= 0.3 is 0 Å². The normalized spacial score (nSPS) is 17.2. The first-order valence-electron chi connectivity index (χ1n) is 4.78. The highest BCUT2D eigenvalue weighted by molar-refractivity contribution is 7.14. The second kappa shape index (κ2) is 4.31. The van der Waals surface area contributed by atoms with Crippen molar-refractivity contribution < 1.29 is 13.6 Å². The maximum absolute atomic E-state index is 12.6. The average Bonchev–Trinajstić information content (AvgIpc) is 2.70. The number of hydrogen-bond donors (Lipinski definition) is 0. The summed E-state index contributed by atoms with van der Waals surface area (Å²) in [4.78, 5) is 16.5. The van der Waals surface area contributed by atoms with Crippen molar-refractivity contribution >= 4 is 17.2 Å². The smallest absolute Gasteiger partial charge is 0.282 e. The summed E-state index contributed by atoms with van der Waals surface area (Å²) in [6.45, 7) is -0.866. The van der Waals surface area contributed by atoms with E-state index in [1.165, 1.54) is 0 Å². The third-order valence-corrected chi connectivity index (χ3v) is 3.35. The maximum Gasteiger partial charge on any atom is 0.282 e. The van der Waals surface area contributed by atoms with Crippen LogP contribution in [0.2, 0.25) is 0 Å². The van der Waals surface area contributed by atoms with E-state index in [-0.39, 0.29) is 6.54 Å². The van der Waals surface area contributed by atoms with Crippen molar-refractivity contribution in [1.82, 2.24) is 4.90 Å². The molecule has 1 saturated heterocycles. The number of azide groups is 1. The van der Waals surface area contributed by atoms with Gasteiger partial charge < -0.3 is 4.90 Å². The van der Waals surface area contributed by atoms with Gasteiger partial charge in [-0.2, -0.15) is 0 Å². The number of thiophene rings is 1. The van der Waals surface area contributed by atoms with Crippen LogP contribution in [0.1, 0.15) is 14.5 Å². The van der Waals surface area contributed by atoms with Gasteiger partial charge in [-0.1, -0.05) is 5.11 Å². The quantitative estimate of drug-likeness (QED) is 0.466. The Morgan fingerprint density at radius 2 is 2.29 bits per heavy atom. The fourth-order valence-corrected chi connectivity index (χ4v) is 2.38. The fraction of sp³-hybridized carbons (Fsp3) is 0.444. The van der Waals surface area contributed by atoms with E-state index in [9.17, 15) is 13.6 Å². The first-order chi connectivity index (χ1) is 8.02. The van der Waals surface area contributed by atoms with Crippen LogP contribution in [0.4, 0.5) is 8.78 Å². The van der Waals surface area contributed by atoms with Crippen LogP contribution in [-0.4, -0.2) is 29.8 Å². The molecule has 0 N–H and O–H groups in total. The lowest BCUT2D eigenvalue weighted by Crippen LogP contribution is -2.58. The van der Waals surface area contributed by atoms with Gasteiger partial charge in [0, 0.05) is 9.79 Å². The Morgan fingerprint density at radius 1 is 1.59 bits per heavy atom. The summed E-state index contributed by atoms with van der Waals surface area (Å²) < 4.78 is 25.2. The van der Waals surface area contributed by atoms with Gasteiger partial charge in [0.05, 0.1) is 24.5 Å². The Labute approximate surface area is 99.3 Å². The number of amides is 1. The Morgan fingerprint density at radius 3 is 2.88 bits per heavy atom. The molecule has 1 aliphatic heterocycles. The number of nitrogens with zero attached hydrogens (tertiary/aromatic N) is 4. The number of carbonyl (C=O) groups excluding carboxylic acids is 1. The molecule has 1 amide bonds. The number of carbonyl (C=O) groups is 1. The van der Waals surface area contributed by atoms with Gasteiger partial charge in [-0.05, 0) is 17.7 Å². The molecule has 0 bridgehead atoms. The van der Waals surface area contributed by atoms with Crippen molar-refractivity contribution in [3.63, 3.8) is 0 Å². The molecular formula is C9H8F2N4OS. The van der Waals surface area contributed by atoms with E-state index in [4.69, 9.17) is 5.53 Å². The van der Waals surface area contributed by atoms with Gasteiger partial charge in [0.15, 0.2) is 0 Å². The van der Waals surface area contributed by atoms with Gasteiger partial charge in [0.2, 0.25) is 0 Å². The lowest BCUT2D eigenvalue weighted by molar-refractivity contribution is -0.112. The standard InChI is InChI=1S/C9H8F2N4OS/c10-9(11)4-15(5-9)8(16)7-2-1-6(17-7)3-13-14-12/h1-2H,3-5H2. The summed E-state index contributed by atoms with van der Waals surface area (Å²) in [6.07, 6.45) is 0. The fourth-order valence-electron chi connectivity index (χ4n) is 1.49. The molecule has 1 fully saturated rings. The maximum atomic E-state index is 12.6. The summed E-state index contributed by atoms with van der Waals surface area (Å²) in [5.74, 6) is -3.14. The Bertz CT molecular complexity index is 487. The predicted octanol–water partition coefficient (Wildman–Crippen LogP) is 2.65. The molecule has 0 spiro atoms. The van der Waals surface area contributed by atoms with E-state index in [0.29, 0.717) is 4.88 Å². The molecular weight excluding hydrogens is 250 g/mol. The van der Waals surface area contributed by atoms with E-state index in [2.05, 4.69) is 10.0 Å². The highest BCUT2D eigenvalue weighted by Gasteiger charge is 2.46. The van der Waals surface area contributed by atoms with Gasteiger partial charge in [-0.3, -0.25) is 4.79 Å². The lowest BCUT2D eigenvalue weighted by atomic mass is 10.1. The summed E-state index contributed by atoms with van der Waals surface area (Å²) in [7, 11) is 0. The number of likely N-dealkylation sites (tertiary alicyclic amines) is 1. The van der Waals surface area contributed by atoms with E-state index < -0.39 is 24.9 Å². The van der Waals surface area contributed by atoms with Gasteiger partial charge in [-0.15, -0.1) is 11.3 Å². The molecule has 1 aromatic heterocycles. The van der Waals surface area contributed by atoms with Crippen LogP contribution in [0.25, 0.3) is 10.4 Å². The summed E-state index contributed by atoms with van der Waals surface area (Å²) in [5, 5.41) is 3.36. The molecule has 1 aliphatic rings. The molecule has 5 nitrogen and oxygen atoms in total. The first-order valence-corrected chi connectivity index (χ1v) is 5.60. The summed E-state index contributed by atoms with van der Waals surface area (Å²) >= 11 is 1.16. The van der Waals surface area contributed by atoms with Gasteiger partial charge in [0.1, 0.15) is 0 Å². The Hall–Kier alpha value is -1.66. The molecule has 0 aliphatic carbocycles. The average molecular weight is 258 g/mol. The first kappa shape index (κ1) is 11.8. The van der Waals surface area contributed by atoms with Crippen LogP contribution in [-0.2, 0) is 6.54 Å². The molecule has 8 heteroatoms. The monoisotopic (exact) mass is 258 g/mol. The third kappa shape index (κ3) is 2.54. The molecule has 1 aromatic rings. The molecule has 90 valence electrons.